The molecule has 0 fully saturated rings. The molecule has 0 bridgehead atoms. The Morgan fingerprint density at radius 1 is 0.679 bits per heavy atom. The molecule has 2 rings (SSSR count). The Balaban J connectivity index is 2.39. The third-order valence-electron chi connectivity index (χ3n) is 3.87. The van der Waals surface area contributed by atoms with Crippen LogP contribution in [0.15, 0.2) is 48.5 Å². The summed E-state index contributed by atoms with van der Waals surface area (Å²) < 4.78 is 75.8. The van der Waals surface area contributed by atoms with Crippen LogP contribution in [0, 0.1) is 0 Å². The Bertz CT molecular complexity index is 971. The van der Waals surface area contributed by atoms with E-state index >= 15 is 0 Å². The van der Waals surface area contributed by atoms with Gasteiger partial charge in [0.25, 0.3) is 0 Å². The van der Waals surface area contributed by atoms with Crippen molar-refractivity contribution in [3.63, 3.8) is 0 Å². The number of halogens is 2. The highest BCUT2D eigenvalue weighted by Gasteiger charge is 2.13. The fraction of sp³-hybridized carbons (Fsp3) is 0.222. The van der Waals surface area contributed by atoms with Crippen LogP contribution in [-0.4, -0.2) is 16.8 Å². The molecule has 10 heteroatoms. The van der Waals surface area contributed by atoms with Crippen molar-refractivity contribution in [3.05, 3.63) is 59.7 Å². The monoisotopic (exact) mass is 432 g/mol. The van der Waals surface area contributed by atoms with Crippen molar-refractivity contribution >= 4 is 32.2 Å². The molecule has 0 radical (unpaired) electrons. The van der Waals surface area contributed by atoms with Crippen LogP contribution in [0.25, 0.3) is 11.1 Å². The minimum absolute atomic E-state index is 0.145. The number of allylic oxidation sites excluding steroid dienone is 2. The molecule has 0 aromatic heterocycles. The molecule has 2 aromatic rings. The van der Waals surface area contributed by atoms with E-state index in [1.807, 2.05) is 13.8 Å². The second-order valence-corrected chi connectivity index (χ2v) is 7.57. The topological polar surface area (TPSA) is 86.7 Å². The zero-order chi connectivity index (χ0) is 20.9. The molecular formula is C18H18F2O6S2. The maximum atomic E-state index is 12.6. The number of hydrogen-bond donors (Lipinski definition) is 0. The summed E-state index contributed by atoms with van der Waals surface area (Å²) in [7, 11) is -10.2. The molecule has 0 aliphatic rings. The molecule has 6 nitrogen and oxygen atoms in total. The van der Waals surface area contributed by atoms with Crippen LogP contribution in [-0.2, 0) is 21.0 Å². The maximum absolute atomic E-state index is 12.6. The van der Waals surface area contributed by atoms with E-state index in [1.165, 1.54) is 24.3 Å². The van der Waals surface area contributed by atoms with E-state index in [2.05, 4.69) is 8.37 Å². The van der Waals surface area contributed by atoms with E-state index in [0.29, 0.717) is 12.8 Å². The van der Waals surface area contributed by atoms with Gasteiger partial charge in [0.1, 0.15) is 11.5 Å². The standard InChI is InChI=1S/C18H18F2O6S2/c1-3-17(13-5-9-15(10-6-13)25-27(19,21)22)18(4-2)14-7-11-16(12-8-14)26-28(20,23)24/h5-12H,3-4H2,1-2H3. The molecule has 0 amide bonds. The van der Waals surface area contributed by atoms with Crippen LogP contribution in [0.4, 0.5) is 7.77 Å². The van der Waals surface area contributed by atoms with Crippen molar-refractivity contribution < 1.29 is 33.0 Å². The molecular weight excluding hydrogens is 414 g/mol. The first-order valence-corrected chi connectivity index (χ1v) is 10.8. The van der Waals surface area contributed by atoms with Crippen LogP contribution in [0.5, 0.6) is 11.5 Å². The summed E-state index contributed by atoms with van der Waals surface area (Å²) in [4.78, 5) is 0. The largest absolute Gasteiger partial charge is 0.488 e. The summed E-state index contributed by atoms with van der Waals surface area (Å²) in [5.74, 6) is -0.289. The summed E-state index contributed by atoms with van der Waals surface area (Å²) in [6.45, 7) is 3.88. The minimum atomic E-state index is -5.09. The number of hydrogen-bond acceptors (Lipinski definition) is 6. The van der Waals surface area contributed by atoms with Crippen LogP contribution in [0.3, 0.4) is 0 Å². The molecule has 0 spiro atoms. The van der Waals surface area contributed by atoms with Gasteiger partial charge in [-0.25, -0.2) is 0 Å². The molecule has 0 N–H and O–H groups in total. The first-order chi connectivity index (χ1) is 13.0. The first kappa shape index (κ1) is 21.8. The number of rotatable bonds is 8. The van der Waals surface area contributed by atoms with Crippen molar-refractivity contribution in [2.45, 2.75) is 26.7 Å². The first-order valence-electron chi connectivity index (χ1n) is 8.23. The van der Waals surface area contributed by atoms with Gasteiger partial charge in [0.15, 0.2) is 0 Å². The molecule has 28 heavy (non-hydrogen) atoms. The van der Waals surface area contributed by atoms with Gasteiger partial charge in [0.2, 0.25) is 0 Å². The molecule has 0 saturated heterocycles. The van der Waals surface area contributed by atoms with E-state index in [9.17, 15) is 24.6 Å². The van der Waals surface area contributed by atoms with Gasteiger partial charge < -0.3 is 8.37 Å². The summed E-state index contributed by atoms with van der Waals surface area (Å²) in [5.41, 5.74) is 3.47. The molecule has 0 saturated carbocycles. The summed E-state index contributed by atoms with van der Waals surface area (Å²) in [5, 5.41) is 0. The SMILES string of the molecule is CCC(=C(CC)c1ccc(OS(=O)(=O)F)cc1)c1ccc(OS(=O)(=O)F)cc1. The fourth-order valence-electron chi connectivity index (χ4n) is 2.84. The van der Waals surface area contributed by atoms with E-state index in [4.69, 9.17) is 0 Å². The average Bonchev–Trinajstić information content (AvgIpc) is 2.59. The van der Waals surface area contributed by atoms with Gasteiger partial charge in [0, 0.05) is 0 Å². The maximum Gasteiger partial charge on any atom is 0.488 e. The van der Waals surface area contributed by atoms with Gasteiger partial charge in [-0.3, -0.25) is 0 Å². The third-order valence-corrected chi connectivity index (χ3v) is 4.65. The van der Waals surface area contributed by atoms with Crippen molar-refractivity contribution in [2.75, 3.05) is 0 Å². The van der Waals surface area contributed by atoms with Crippen molar-refractivity contribution in [2.24, 2.45) is 0 Å². The minimum Gasteiger partial charge on any atom is -0.358 e. The quantitative estimate of drug-likeness (QED) is 0.447. The third kappa shape index (κ3) is 6.31. The smallest absolute Gasteiger partial charge is 0.358 e. The highest BCUT2D eigenvalue weighted by Crippen LogP contribution is 2.33. The van der Waals surface area contributed by atoms with Crippen molar-refractivity contribution in [1.82, 2.24) is 0 Å². The zero-order valence-corrected chi connectivity index (χ0v) is 16.7. The van der Waals surface area contributed by atoms with E-state index < -0.39 is 21.0 Å². The van der Waals surface area contributed by atoms with Gasteiger partial charge in [-0.05, 0) is 59.4 Å². The van der Waals surface area contributed by atoms with Crippen LogP contribution < -0.4 is 8.37 Å². The molecule has 152 valence electrons. The van der Waals surface area contributed by atoms with E-state index in [0.717, 1.165) is 22.3 Å². The average molecular weight is 432 g/mol. The van der Waals surface area contributed by atoms with E-state index in [1.54, 1.807) is 24.3 Å². The molecule has 0 unspecified atom stereocenters. The summed E-state index contributed by atoms with van der Waals surface area (Å²) in [6.07, 6.45) is 1.28. The van der Waals surface area contributed by atoms with Gasteiger partial charge in [-0.15, -0.1) is 0 Å². The van der Waals surface area contributed by atoms with Gasteiger partial charge in [-0.2, -0.15) is 16.8 Å². The molecule has 2 aromatic carbocycles. The van der Waals surface area contributed by atoms with Gasteiger partial charge >= 0.3 is 21.0 Å². The van der Waals surface area contributed by atoms with E-state index in [-0.39, 0.29) is 11.5 Å². The summed E-state index contributed by atoms with van der Waals surface area (Å²) >= 11 is 0. The highest BCUT2D eigenvalue weighted by atomic mass is 32.3. The molecule has 0 aliphatic carbocycles. The lowest BCUT2D eigenvalue weighted by Gasteiger charge is -2.15. The predicted molar refractivity (Wildman–Crippen MR) is 102 cm³/mol. The highest BCUT2D eigenvalue weighted by molar-refractivity contribution is 7.82. The van der Waals surface area contributed by atoms with Crippen molar-refractivity contribution in [3.8, 4) is 11.5 Å². The van der Waals surface area contributed by atoms with Crippen LogP contribution in [0.2, 0.25) is 0 Å². The predicted octanol–water partition coefficient (Wildman–Crippen LogP) is 4.60. The lowest BCUT2D eigenvalue weighted by atomic mass is 9.91. The van der Waals surface area contributed by atoms with Crippen LogP contribution >= 0.6 is 0 Å². The van der Waals surface area contributed by atoms with Gasteiger partial charge in [0.05, 0.1) is 0 Å². The second-order valence-electron chi connectivity index (χ2n) is 5.67. The molecule has 0 heterocycles. The Morgan fingerprint density at radius 2 is 0.964 bits per heavy atom. The molecule has 0 atom stereocenters. The van der Waals surface area contributed by atoms with Crippen molar-refractivity contribution in [1.29, 1.82) is 0 Å². The Hall–Kier alpha value is -2.46. The zero-order valence-electron chi connectivity index (χ0n) is 15.1. The Labute approximate surface area is 163 Å². The second kappa shape index (κ2) is 8.70. The fourth-order valence-corrected chi connectivity index (χ4v) is 3.52. The Kier molecular flexibility index (Phi) is 6.78. The lowest BCUT2D eigenvalue weighted by molar-refractivity contribution is 0.438. The molecule has 0 aliphatic heterocycles. The van der Waals surface area contributed by atoms with Gasteiger partial charge in [-0.1, -0.05) is 45.9 Å². The van der Waals surface area contributed by atoms with Crippen LogP contribution in [0.1, 0.15) is 37.8 Å². The Morgan fingerprint density at radius 3 is 1.18 bits per heavy atom. The number of benzene rings is 2. The summed E-state index contributed by atoms with van der Waals surface area (Å²) in [6, 6.07) is 11.8. The lowest BCUT2D eigenvalue weighted by Crippen LogP contribution is -2.01. The normalized spacial score (nSPS) is 13.0.